The molecule has 0 radical (unpaired) electrons. The Morgan fingerprint density at radius 2 is 2.09 bits per heavy atom. The fourth-order valence-electron chi connectivity index (χ4n) is 3.34. The maximum Gasteiger partial charge on any atom is 0.206 e. The van der Waals surface area contributed by atoms with Crippen LogP contribution in [0.15, 0.2) is 18.2 Å². The highest BCUT2D eigenvalue weighted by atomic mass is 19.1. The van der Waals surface area contributed by atoms with Crippen LogP contribution in [0.5, 0.6) is 0 Å². The molecule has 1 aliphatic rings. The molecule has 0 aliphatic carbocycles. The average Bonchev–Trinajstić information content (AvgIpc) is 2.77. The Kier molecular flexibility index (Phi) is 4.06. The lowest BCUT2D eigenvalue weighted by atomic mass is 10.1. The second kappa shape index (κ2) is 5.76. The number of β-amino-alcohol motifs (C(OH)–C–C–N with tert-alkyl or cyclic N) is 1. The number of imidazole rings is 1. The third-order valence-electron chi connectivity index (χ3n) is 4.46. The smallest absolute Gasteiger partial charge is 0.206 e. The van der Waals surface area contributed by atoms with E-state index in [4.69, 9.17) is 0 Å². The second-order valence-corrected chi connectivity index (χ2v) is 7.18. The molecular weight excluding hydrogens is 295 g/mol. The minimum Gasteiger partial charge on any atom is -0.389 e. The molecule has 2 aromatic rings. The first-order chi connectivity index (χ1) is 10.7. The fraction of sp³-hybridized carbons (Fsp3) is 0.588. The third kappa shape index (κ3) is 3.33. The van der Waals surface area contributed by atoms with Gasteiger partial charge in [-0.1, -0.05) is 0 Å². The number of anilines is 1. The SMILES string of the molecule is CC1CN(c2nc3ccc(F)cc3n2C)CCN1CC(C)(C)O. The zero-order valence-electron chi connectivity index (χ0n) is 14.3. The molecule has 3 rings (SSSR count). The molecule has 2 heterocycles. The molecule has 6 heteroatoms. The molecule has 1 saturated heterocycles. The molecule has 0 bridgehead atoms. The van der Waals surface area contributed by atoms with E-state index in [9.17, 15) is 9.50 Å². The standard InChI is InChI=1S/C17H25FN4O/c1-12-10-21(7-8-22(12)11-17(2,3)23)16-19-14-6-5-13(18)9-15(14)20(16)4/h5-6,9,12,23H,7-8,10-11H2,1-4H3. The molecule has 1 aromatic heterocycles. The number of fused-ring (bicyclic) bond motifs is 1. The Labute approximate surface area is 136 Å². The highest BCUT2D eigenvalue weighted by Crippen LogP contribution is 2.24. The highest BCUT2D eigenvalue weighted by Gasteiger charge is 2.29. The monoisotopic (exact) mass is 320 g/mol. The Balaban J connectivity index is 1.80. The van der Waals surface area contributed by atoms with Crippen LogP contribution >= 0.6 is 0 Å². The lowest BCUT2D eigenvalue weighted by Crippen LogP contribution is -2.55. The van der Waals surface area contributed by atoms with Gasteiger partial charge in [-0.25, -0.2) is 9.37 Å². The molecule has 1 aromatic carbocycles. The number of aromatic nitrogens is 2. The van der Waals surface area contributed by atoms with Gasteiger partial charge in [-0.15, -0.1) is 0 Å². The number of aryl methyl sites for hydroxylation is 1. The lowest BCUT2D eigenvalue weighted by Gasteiger charge is -2.42. The van der Waals surface area contributed by atoms with Crippen molar-refractivity contribution in [3.63, 3.8) is 0 Å². The van der Waals surface area contributed by atoms with Crippen LogP contribution in [0.4, 0.5) is 10.3 Å². The van der Waals surface area contributed by atoms with Crippen molar-refractivity contribution in [1.82, 2.24) is 14.5 Å². The second-order valence-electron chi connectivity index (χ2n) is 7.18. The van der Waals surface area contributed by atoms with Gasteiger partial charge in [0.25, 0.3) is 0 Å². The van der Waals surface area contributed by atoms with Crippen LogP contribution in [-0.4, -0.2) is 57.4 Å². The summed E-state index contributed by atoms with van der Waals surface area (Å²) in [6.45, 7) is 9.08. The highest BCUT2D eigenvalue weighted by molar-refractivity contribution is 5.78. The molecule has 0 saturated carbocycles. The summed E-state index contributed by atoms with van der Waals surface area (Å²) in [4.78, 5) is 9.21. The van der Waals surface area contributed by atoms with Gasteiger partial charge >= 0.3 is 0 Å². The Morgan fingerprint density at radius 3 is 2.74 bits per heavy atom. The number of aliphatic hydroxyl groups is 1. The van der Waals surface area contributed by atoms with Crippen molar-refractivity contribution in [2.24, 2.45) is 7.05 Å². The van der Waals surface area contributed by atoms with Gasteiger partial charge in [-0.05, 0) is 39.0 Å². The van der Waals surface area contributed by atoms with E-state index in [0.717, 1.165) is 36.6 Å². The molecule has 0 spiro atoms. The number of hydrogen-bond donors (Lipinski definition) is 1. The van der Waals surface area contributed by atoms with Crippen LogP contribution in [0.25, 0.3) is 11.0 Å². The zero-order valence-corrected chi connectivity index (χ0v) is 14.3. The maximum absolute atomic E-state index is 13.5. The molecule has 1 atom stereocenters. The van der Waals surface area contributed by atoms with Gasteiger partial charge < -0.3 is 14.6 Å². The zero-order chi connectivity index (χ0) is 16.8. The van der Waals surface area contributed by atoms with Crippen LogP contribution in [0.3, 0.4) is 0 Å². The summed E-state index contributed by atoms with van der Waals surface area (Å²) in [6.07, 6.45) is 0. The number of piperazine rings is 1. The normalized spacial score (nSPS) is 20.4. The number of rotatable bonds is 3. The van der Waals surface area contributed by atoms with E-state index in [1.54, 1.807) is 6.07 Å². The van der Waals surface area contributed by atoms with Gasteiger partial charge in [0.05, 0.1) is 16.6 Å². The first-order valence-electron chi connectivity index (χ1n) is 8.08. The van der Waals surface area contributed by atoms with E-state index in [2.05, 4.69) is 21.7 Å². The van der Waals surface area contributed by atoms with E-state index in [1.165, 1.54) is 12.1 Å². The predicted molar refractivity (Wildman–Crippen MR) is 90.2 cm³/mol. The molecule has 1 N–H and O–H groups in total. The van der Waals surface area contributed by atoms with Crippen molar-refractivity contribution in [2.45, 2.75) is 32.4 Å². The first-order valence-corrected chi connectivity index (χ1v) is 8.08. The molecular formula is C17H25FN4O. The van der Waals surface area contributed by atoms with Crippen molar-refractivity contribution < 1.29 is 9.50 Å². The molecule has 23 heavy (non-hydrogen) atoms. The first kappa shape index (κ1) is 16.2. The van der Waals surface area contributed by atoms with Gasteiger partial charge in [-0.2, -0.15) is 0 Å². The quantitative estimate of drug-likeness (QED) is 0.939. The molecule has 0 amide bonds. The van der Waals surface area contributed by atoms with Crippen LogP contribution in [-0.2, 0) is 7.05 Å². The van der Waals surface area contributed by atoms with Gasteiger partial charge in [0.1, 0.15) is 5.82 Å². The number of hydrogen-bond acceptors (Lipinski definition) is 4. The Bertz CT molecular complexity index is 706. The molecule has 1 unspecified atom stereocenters. The molecule has 5 nitrogen and oxygen atoms in total. The Morgan fingerprint density at radius 1 is 1.35 bits per heavy atom. The van der Waals surface area contributed by atoms with Crippen molar-refractivity contribution in [3.05, 3.63) is 24.0 Å². The number of benzene rings is 1. The summed E-state index contributed by atoms with van der Waals surface area (Å²) < 4.78 is 15.4. The molecule has 1 fully saturated rings. The summed E-state index contributed by atoms with van der Waals surface area (Å²) in [5.41, 5.74) is 0.938. The van der Waals surface area contributed by atoms with Crippen molar-refractivity contribution in [1.29, 1.82) is 0 Å². The van der Waals surface area contributed by atoms with Gasteiger partial charge in [-0.3, -0.25) is 4.90 Å². The number of nitrogens with zero attached hydrogens (tertiary/aromatic N) is 4. The molecule has 126 valence electrons. The van der Waals surface area contributed by atoms with Crippen LogP contribution in [0.2, 0.25) is 0 Å². The van der Waals surface area contributed by atoms with Gasteiger partial charge in [0, 0.05) is 39.3 Å². The maximum atomic E-state index is 13.5. The van der Waals surface area contributed by atoms with E-state index in [-0.39, 0.29) is 5.82 Å². The topological polar surface area (TPSA) is 44.5 Å². The molecule has 1 aliphatic heterocycles. The summed E-state index contributed by atoms with van der Waals surface area (Å²) >= 11 is 0. The van der Waals surface area contributed by atoms with E-state index < -0.39 is 5.60 Å². The minimum absolute atomic E-state index is 0.240. The summed E-state index contributed by atoms with van der Waals surface area (Å²) in [5.74, 6) is 0.635. The van der Waals surface area contributed by atoms with Crippen molar-refractivity contribution in [2.75, 3.05) is 31.1 Å². The minimum atomic E-state index is -0.689. The van der Waals surface area contributed by atoms with E-state index in [0.29, 0.717) is 12.6 Å². The predicted octanol–water partition coefficient (Wildman–Crippen LogP) is 1.99. The lowest BCUT2D eigenvalue weighted by molar-refractivity contribution is 0.0199. The summed E-state index contributed by atoms with van der Waals surface area (Å²) in [5, 5.41) is 10.0. The Hall–Kier alpha value is -1.66. The third-order valence-corrected chi connectivity index (χ3v) is 4.46. The summed E-state index contributed by atoms with van der Waals surface area (Å²) in [7, 11) is 1.93. The average molecular weight is 320 g/mol. The number of halogens is 1. The largest absolute Gasteiger partial charge is 0.389 e. The van der Waals surface area contributed by atoms with Crippen molar-refractivity contribution >= 4 is 17.0 Å². The van der Waals surface area contributed by atoms with Crippen LogP contribution < -0.4 is 4.90 Å². The fourth-order valence-corrected chi connectivity index (χ4v) is 3.34. The van der Waals surface area contributed by atoms with E-state index >= 15 is 0 Å². The van der Waals surface area contributed by atoms with Crippen LogP contribution in [0.1, 0.15) is 20.8 Å². The van der Waals surface area contributed by atoms with Gasteiger partial charge in [0.2, 0.25) is 5.95 Å². The van der Waals surface area contributed by atoms with Gasteiger partial charge in [0.15, 0.2) is 0 Å². The van der Waals surface area contributed by atoms with E-state index in [1.807, 2.05) is 25.5 Å². The summed E-state index contributed by atoms with van der Waals surface area (Å²) in [6, 6.07) is 5.03. The van der Waals surface area contributed by atoms with Crippen LogP contribution in [0, 0.1) is 5.82 Å². The van der Waals surface area contributed by atoms with Crippen molar-refractivity contribution in [3.8, 4) is 0 Å².